The van der Waals surface area contributed by atoms with Crippen molar-refractivity contribution < 1.29 is 9.53 Å². The molecular weight excluding hydrogens is 252 g/mol. The van der Waals surface area contributed by atoms with Gasteiger partial charge in [0.1, 0.15) is 5.60 Å². The Labute approximate surface area is 124 Å². The average molecular weight is 284 g/mol. The normalized spacial score (nSPS) is 23.4. The summed E-state index contributed by atoms with van der Waals surface area (Å²) in [5.41, 5.74) is -0.0774. The first-order valence-corrected chi connectivity index (χ1v) is 7.87. The van der Waals surface area contributed by atoms with Crippen molar-refractivity contribution in [2.24, 2.45) is 5.41 Å². The van der Waals surface area contributed by atoms with Crippen molar-refractivity contribution in [2.75, 3.05) is 6.54 Å². The minimum absolute atomic E-state index is 0.310. The topological polar surface area (TPSA) is 50.4 Å². The summed E-state index contributed by atoms with van der Waals surface area (Å²) in [6, 6.07) is 0.859. The van der Waals surface area contributed by atoms with Gasteiger partial charge >= 0.3 is 6.09 Å². The summed E-state index contributed by atoms with van der Waals surface area (Å²) < 4.78 is 5.27. The van der Waals surface area contributed by atoms with Crippen LogP contribution in [-0.2, 0) is 4.74 Å². The first-order valence-electron chi connectivity index (χ1n) is 7.87. The van der Waals surface area contributed by atoms with Crippen molar-refractivity contribution in [2.45, 2.75) is 84.9 Å². The standard InChI is InChI=1S/C16H32N2O2/c1-7-12(11-17-14(19)20-15(2,3)4)18-13-9-8-10-16(13,5)6/h12-13,18H,7-11H2,1-6H3,(H,17,19). The predicted molar refractivity (Wildman–Crippen MR) is 82.9 cm³/mol. The summed E-state index contributed by atoms with van der Waals surface area (Å²) in [6.07, 6.45) is 4.47. The minimum Gasteiger partial charge on any atom is -0.444 e. The lowest BCUT2D eigenvalue weighted by Gasteiger charge is -2.32. The third-order valence-electron chi connectivity index (χ3n) is 4.08. The van der Waals surface area contributed by atoms with Crippen molar-refractivity contribution in [3.63, 3.8) is 0 Å². The highest BCUT2D eigenvalue weighted by Crippen LogP contribution is 2.37. The van der Waals surface area contributed by atoms with Crippen molar-refractivity contribution in [1.82, 2.24) is 10.6 Å². The Balaban J connectivity index is 2.38. The van der Waals surface area contributed by atoms with E-state index in [1.165, 1.54) is 19.3 Å². The van der Waals surface area contributed by atoms with Crippen molar-refractivity contribution >= 4 is 6.09 Å². The van der Waals surface area contributed by atoms with Crippen LogP contribution >= 0.6 is 0 Å². The van der Waals surface area contributed by atoms with E-state index in [9.17, 15) is 4.79 Å². The van der Waals surface area contributed by atoms with Gasteiger partial charge in [-0.15, -0.1) is 0 Å². The number of amides is 1. The van der Waals surface area contributed by atoms with Crippen LogP contribution in [0.1, 0.15) is 67.2 Å². The maximum absolute atomic E-state index is 11.7. The first kappa shape index (κ1) is 17.3. The van der Waals surface area contributed by atoms with Crippen LogP contribution < -0.4 is 10.6 Å². The molecule has 0 aromatic heterocycles. The molecule has 20 heavy (non-hydrogen) atoms. The van der Waals surface area contributed by atoms with Gasteiger partial charge in [-0.2, -0.15) is 0 Å². The number of nitrogens with one attached hydrogen (secondary N) is 2. The Hall–Kier alpha value is -0.770. The van der Waals surface area contributed by atoms with E-state index in [-0.39, 0.29) is 6.09 Å². The smallest absolute Gasteiger partial charge is 0.407 e. The number of hydrogen-bond donors (Lipinski definition) is 2. The van der Waals surface area contributed by atoms with Gasteiger partial charge in [-0.3, -0.25) is 0 Å². The lowest BCUT2D eigenvalue weighted by atomic mass is 9.87. The molecule has 1 aliphatic rings. The molecule has 0 spiro atoms. The summed E-state index contributed by atoms with van der Waals surface area (Å²) in [5, 5.41) is 6.57. The van der Waals surface area contributed by atoms with Gasteiger partial charge in [-0.1, -0.05) is 27.2 Å². The Bertz CT molecular complexity index is 321. The van der Waals surface area contributed by atoms with Crippen LogP contribution in [0, 0.1) is 5.41 Å². The monoisotopic (exact) mass is 284 g/mol. The molecule has 0 heterocycles. The molecule has 1 fully saturated rings. The Morgan fingerprint density at radius 2 is 2.05 bits per heavy atom. The minimum atomic E-state index is -0.438. The summed E-state index contributed by atoms with van der Waals surface area (Å²) in [4.78, 5) is 11.7. The maximum atomic E-state index is 11.7. The van der Waals surface area contributed by atoms with Crippen molar-refractivity contribution in [3.05, 3.63) is 0 Å². The fraction of sp³-hybridized carbons (Fsp3) is 0.938. The van der Waals surface area contributed by atoms with Gasteiger partial charge in [-0.05, 0) is 45.4 Å². The molecule has 118 valence electrons. The van der Waals surface area contributed by atoms with Gasteiger partial charge in [0, 0.05) is 18.6 Å². The van der Waals surface area contributed by atoms with E-state index in [0.29, 0.717) is 24.0 Å². The third-order valence-corrected chi connectivity index (χ3v) is 4.08. The number of rotatable bonds is 5. The molecule has 4 nitrogen and oxygen atoms in total. The zero-order valence-electron chi connectivity index (χ0n) is 14.0. The zero-order valence-corrected chi connectivity index (χ0v) is 14.0. The zero-order chi connectivity index (χ0) is 15.4. The number of alkyl carbamates (subject to hydrolysis) is 1. The Morgan fingerprint density at radius 1 is 1.40 bits per heavy atom. The number of ether oxygens (including phenoxy) is 1. The quantitative estimate of drug-likeness (QED) is 0.813. The second-order valence-electron chi connectivity index (χ2n) is 7.59. The van der Waals surface area contributed by atoms with Crippen LogP contribution in [0.5, 0.6) is 0 Å². The van der Waals surface area contributed by atoms with Gasteiger partial charge in [0.05, 0.1) is 0 Å². The summed E-state index contributed by atoms with van der Waals surface area (Å²) >= 11 is 0. The molecule has 2 N–H and O–H groups in total. The lowest BCUT2D eigenvalue weighted by molar-refractivity contribution is 0.0520. The molecule has 2 unspecified atom stereocenters. The number of carbonyl (C=O) groups excluding carboxylic acids is 1. The predicted octanol–water partition coefficient (Wildman–Crippen LogP) is 3.46. The van der Waals surface area contributed by atoms with E-state index in [4.69, 9.17) is 4.74 Å². The fourth-order valence-electron chi connectivity index (χ4n) is 2.76. The van der Waals surface area contributed by atoms with Crippen LogP contribution in [0.2, 0.25) is 0 Å². The van der Waals surface area contributed by atoms with Gasteiger partial charge in [0.2, 0.25) is 0 Å². The fourth-order valence-corrected chi connectivity index (χ4v) is 2.76. The molecule has 0 saturated heterocycles. The van der Waals surface area contributed by atoms with Gasteiger partial charge in [0.25, 0.3) is 0 Å². The van der Waals surface area contributed by atoms with E-state index in [1.54, 1.807) is 0 Å². The van der Waals surface area contributed by atoms with Crippen LogP contribution in [0.15, 0.2) is 0 Å². The van der Waals surface area contributed by atoms with Crippen molar-refractivity contribution in [3.8, 4) is 0 Å². The molecule has 0 aromatic carbocycles. The molecule has 2 atom stereocenters. The van der Waals surface area contributed by atoms with Crippen LogP contribution in [0.4, 0.5) is 4.79 Å². The maximum Gasteiger partial charge on any atom is 0.407 e. The van der Waals surface area contributed by atoms with E-state index in [0.717, 1.165) is 6.42 Å². The van der Waals surface area contributed by atoms with E-state index in [2.05, 4.69) is 31.4 Å². The molecule has 0 radical (unpaired) electrons. The molecule has 0 aromatic rings. The van der Waals surface area contributed by atoms with Gasteiger partial charge in [-0.25, -0.2) is 4.79 Å². The molecule has 0 bridgehead atoms. The molecule has 1 amide bonds. The SMILES string of the molecule is CCC(CNC(=O)OC(C)(C)C)NC1CCCC1(C)C. The molecular formula is C16H32N2O2. The summed E-state index contributed by atoms with van der Waals surface area (Å²) in [6.45, 7) is 13.1. The van der Waals surface area contributed by atoms with Crippen LogP contribution in [0.25, 0.3) is 0 Å². The molecule has 1 aliphatic carbocycles. The van der Waals surface area contributed by atoms with Crippen molar-refractivity contribution in [1.29, 1.82) is 0 Å². The van der Waals surface area contributed by atoms with Crippen LogP contribution in [0.3, 0.4) is 0 Å². The van der Waals surface area contributed by atoms with Gasteiger partial charge < -0.3 is 15.4 Å². The highest BCUT2D eigenvalue weighted by molar-refractivity contribution is 5.67. The summed E-state index contributed by atoms with van der Waals surface area (Å²) in [5.74, 6) is 0. The van der Waals surface area contributed by atoms with E-state index in [1.807, 2.05) is 20.8 Å². The molecule has 4 heteroatoms. The Morgan fingerprint density at radius 3 is 2.50 bits per heavy atom. The van der Waals surface area contributed by atoms with E-state index < -0.39 is 5.60 Å². The second-order valence-corrected chi connectivity index (χ2v) is 7.59. The van der Waals surface area contributed by atoms with E-state index >= 15 is 0 Å². The first-order chi connectivity index (χ1) is 9.14. The van der Waals surface area contributed by atoms with Gasteiger partial charge in [0.15, 0.2) is 0 Å². The largest absolute Gasteiger partial charge is 0.444 e. The molecule has 0 aliphatic heterocycles. The number of hydrogen-bond acceptors (Lipinski definition) is 3. The molecule has 1 rings (SSSR count). The highest BCUT2D eigenvalue weighted by atomic mass is 16.6. The third kappa shape index (κ3) is 5.70. The average Bonchev–Trinajstić information content (AvgIpc) is 2.61. The second kappa shape index (κ2) is 6.79. The Kier molecular flexibility index (Phi) is 5.87. The molecule has 1 saturated carbocycles. The lowest BCUT2D eigenvalue weighted by Crippen LogP contribution is -2.49. The van der Waals surface area contributed by atoms with Crippen LogP contribution in [-0.4, -0.2) is 30.3 Å². The number of carbonyl (C=O) groups is 1. The summed E-state index contributed by atoms with van der Waals surface area (Å²) in [7, 11) is 0. The highest BCUT2D eigenvalue weighted by Gasteiger charge is 2.35.